The highest BCUT2D eigenvalue weighted by molar-refractivity contribution is 6.02. The Hall–Kier alpha value is -4.10. The summed E-state index contributed by atoms with van der Waals surface area (Å²) < 4.78 is 80.1. The summed E-state index contributed by atoms with van der Waals surface area (Å²) in [7, 11) is 5.06. The lowest BCUT2D eigenvalue weighted by atomic mass is 10.0. The van der Waals surface area contributed by atoms with Crippen LogP contribution in [0.2, 0.25) is 0 Å². The molecule has 4 rings (SSSR count). The summed E-state index contributed by atoms with van der Waals surface area (Å²) in [6, 6.07) is 18.4. The average molecular weight is 684 g/mol. The van der Waals surface area contributed by atoms with E-state index in [1.165, 1.54) is 11.9 Å². The molecule has 0 aliphatic carbocycles. The SMILES string of the molecule is CN(C)C(=NC(=O)c1ccccc1)N1CCN(C(C(=O)N(C)CCc2cc(C(F)(F)F)cc(C(F)(F)F)c2)c2ccccc2)CC1.Cl. The maximum atomic E-state index is 13.9. The molecular formula is C33H36ClF6N5O2. The predicted molar refractivity (Wildman–Crippen MR) is 169 cm³/mol. The predicted octanol–water partition coefficient (Wildman–Crippen LogP) is 6.26. The number of aliphatic imine (C=N–C) groups is 1. The first-order valence-electron chi connectivity index (χ1n) is 14.6. The number of amides is 2. The third kappa shape index (κ3) is 9.71. The summed E-state index contributed by atoms with van der Waals surface area (Å²) in [6.45, 7) is 1.65. The fraction of sp³-hybridized carbons (Fsp3) is 0.364. The maximum Gasteiger partial charge on any atom is 0.416 e. The minimum atomic E-state index is -4.95. The van der Waals surface area contributed by atoms with Crippen LogP contribution in [0.15, 0.2) is 83.9 Å². The zero-order valence-electron chi connectivity index (χ0n) is 26.1. The molecule has 7 nitrogen and oxygen atoms in total. The number of likely N-dealkylation sites (N-methyl/N-ethyl adjacent to an activating group) is 1. The van der Waals surface area contributed by atoms with Crippen molar-refractivity contribution in [2.45, 2.75) is 24.8 Å². The number of hydrogen-bond acceptors (Lipinski definition) is 3. The zero-order chi connectivity index (χ0) is 33.6. The van der Waals surface area contributed by atoms with Crippen LogP contribution in [-0.2, 0) is 23.6 Å². The van der Waals surface area contributed by atoms with Crippen LogP contribution >= 0.6 is 12.4 Å². The van der Waals surface area contributed by atoms with Gasteiger partial charge in [-0.2, -0.15) is 31.3 Å². The Kier molecular flexibility index (Phi) is 12.4. The van der Waals surface area contributed by atoms with Gasteiger partial charge in [0.25, 0.3) is 5.91 Å². The number of carbonyl (C=O) groups is 2. The van der Waals surface area contributed by atoms with Crippen LogP contribution in [0.4, 0.5) is 26.3 Å². The van der Waals surface area contributed by atoms with Gasteiger partial charge < -0.3 is 14.7 Å². The molecular weight excluding hydrogens is 648 g/mol. The first kappa shape index (κ1) is 37.4. The third-order valence-corrected chi connectivity index (χ3v) is 7.69. The number of halogens is 7. The second-order valence-electron chi connectivity index (χ2n) is 11.2. The molecule has 3 aromatic rings. The number of rotatable bonds is 7. The number of guanidine groups is 1. The summed E-state index contributed by atoms with van der Waals surface area (Å²) in [5, 5.41) is 0. The van der Waals surface area contributed by atoms with E-state index in [-0.39, 0.29) is 48.8 Å². The standard InChI is InChI=1S/C33H35F6N5O2.ClH/c1-41(2)31(40-29(45)25-12-8-5-9-13-25)44-18-16-43(17-19-44)28(24-10-6-4-7-11-24)30(46)42(3)15-14-23-20-26(32(34,35)36)22-27(21-23)33(37,38)39;/h4-13,20-22,28H,14-19H2,1-3H3;1H. The van der Waals surface area contributed by atoms with Crippen LogP contribution in [-0.4, -0.2) is 91.2 Å². The van der Waals surface area contributed by atoms with Crippen LogP contribution < -0.4 is 0 Å². The van der Waals surface area contributed by atoms with Gasteiger partial charge in [0.2, 0.25) is 11.9 Å². The Morgan fingerprint density at radius 1 is 0.787 bits per heavy atom. The van der Waals surface area contributed by atoms with Crippen molar-refractivity contribution in [3.8, 4) is 0 Å². The lowest BCUT2D eigenvalue weighted by Gasteiger charge is -2.41. The minimum absolute atomic E-state index is 0. The van der Waals surface area contributed by atoms with Crippen molar-refractivity contribution in [2.24, 2.45) is 4.99 Å². The summed E-state index contributed by atoms with van der Waals surface area (Å²) in [5.41, 5.74) is -1.80. The second kappa shape index (κ2) is 15.7. The van der Waals surface area contributed by atoms with Gasteiger partial charge >= 0.3 is 12.4 Å². The molecule has 0 radical (unpaired) electrons. The quantitative estimate of drug-likeness (QED) is 0.167. The number of alkyl halides is 6. The van der Waals surface area contributed by atoms with Gasteiger partial charge in [-0.15, -0.1) is 12.4 Å². The first-order valence-corrected chi connectivity index (χ1v) is 14.6. The van der Waals surface area contributed by atoms with E-state index in [0.29, 0.717) is 55.4 Å². The monoisotopic (exact) mass is 683 g/mol. The van der Waals surface area contributed by atoms with Crippen molar-refractivity contribution in [2.75, 3.05) is 53.9 Å². The van der Waals surface area contributed by atoms with Gasteiger partial charge in [0.1, 0.15) is 6.04 Å². The van der Waals surface area contributed by atoms with Gasteiger partial charge in [0, 0.05) is 59.4 Å². The molecule has 0 N–H and O–H groups in total. The molecule has 0 aromatic heterocycles. The van der Waals surface area contributed by atoms with Crippen LogP contribution in [0.5, 0.6) is 0 Å². The second-order valence-corrected chi connectivity index (χ2v) is 11.2. The molecule has 1 heterocycles. The van der Waals surface area contributed by atoms with E-state index in [1.807, 2.05) is 21.9 Å². The zero-order valence-corrected chi connectivity index (χ0v) is 26.9. The summed E-state index contributed by atoms with van der Waals surface area (Å²) in [6.07, 6.45) is -10.1. The molecule has 254 valence electrons. The van der Waals surface area contributed by atoms with Crippen molar-refractivity contribution in [1.29, 1.82) is 0 Å². The highest BCUT2D eigenvalue weighted by Crippen LogP contribution is 2.36. The van der Waals surface area contributed by atoms with Crippen molar-refractivity contribution in [3.63, 3.8) is 0 Å². The van der Waals surface area contributed by atoms with E-state index in [2.05, 4.69) is 4.99 Å². The van der Waals surface area contributed by atoms with E-state index in [4.69, 9.17) is 0 Å². The number of benzene rings is 3. The Bertz CT molecular complexity index is 1490. The highest BCUT2D eigenvalue weighted by Gasteiger charge is 2.37. The van der Waals surface area contributed by atoms with Gasteiger partial charge in [-0.05, 0) is 47.9 Å². The fourth-order valence-corrected chi connectivity index (χ4v) is 5.29. The molecule has 14 heteroatoms. The summed E-state index contributed by atoms with van der Waals surface area (Å²) >= 11 is 0. The highest BCUT2D eigenvalue weighted by atomic mass is 35.5. The average Bonchev–Trinajstić information content (AvgIpc) is 3.02. The van der Waals surface area contributed by atoms with Crippen molar-refractivity contribution >= 4 is 30.2 Å². The molecule has 1 atom stereocenters. The Morgan fingerprint density at radius 3 is 1.79 bits per heavy atom. The first-order chi connectivity index (χ1) is 21.6. The van der Waals surface area contributed by atoms with Crippen molar-refractivity contribution in [1.82, 2.24) is 19.6 Å². The number of carbonyl (C=O) groups excluding carboxylic acids is 2. The summed E-state index contributed by atoms with van der Waals surface area (Å²) in [5.74, 6) is -0.246. The molecule has 1 aliphatic heterocycles. The molecule has 1 unspecified atom stereocenters. The van der Waals surface area contributed by atoms with E-state index in [0.717, 1.165) is 0 Å². The number of hydrogen-bond donors (Lipinski definition) is 0. The van der Waals surface area contributed by atoms with Gasteiger partial charge in [-0.25, -0.2) is 0 Å². The van der Waals surface area contributed by atoms with Crippen molar-refractivity contribution < 1.29 is 35.9 Å². The minimum Gasteiger partial charge on any atom is -0.349 e. The number of nitrogens with zero attached hydrogens (tertiary/aromatic N) is 5. The molecule has 0 spiro atoms. The fourth-order valence-electron chi connectivity index (χ4n) is 5.29. The largest absolute Gasteiger partial charge is 0.416 e. The van der Waals surface area contributed by atoms with Gasteiger partial charge in [-0.1, -0.05) is 48.5 Å². The molecule has 1 saturated heterocycles. The lowest BCUT2D eigenvalue weighted by Crippen LogP contribution is -2.55. The molecule has 2 amide bonds. The van der Waals surface area contributed by atoms with E-state index in [1.54, 1.807) is 67.5 Å². The molecule has 47 heavy (non-hydrogen) atoms. The molecule has 1 aliphatic rings. The summed E-state index contributed by atoms with van der Waals surface area (Å²) in [4.78, 5) is 38.1. The Balaban J connectivity index is 0.00000600. The molecule has 3 aromatic carbocycles. The van der Waals surface area contributed by atoms with Gasteiger partial charge in [0.05, 0.1) is 11.1 Å². The van der Waals surface area contributed by atoms with Gasteiger partial charge in [-0.3, -0.25) is 14.5 Å². The van der Waals surface area contributed by atoms with E-state index >= 15 is 0 Å². The maximum absolute atomic E-state index is 13.9. The van der Waals surface area contributed by atoms with Crippen molar-refractivity contribution in [3.05, 3.63) is 107 Å². The molecule has 0 saturated carbocycles. The third-order valence-electron chi connectivity index (χ3n) is 7.69. The topological polar surface area (TPSA) is 59.5 Å². The van der Waals surface area contributed by atoms with E-state index in [9.17, 15) is 35.9 Å². The van der Waals surface area contributed by atoms with Crippen LogP contribution in [0.1, 0.15) is 38.7 Å². The Labute approximate surface area is 275 Å². The smallest absolute Gasteiger partial charge is 0.349 e. The van der Waals surface area contributed by atoms with E-state index < -0.39 is 29.5 Å². The van der Waals surface area contributed by atoms with Crippen LogP contribution in [0, 0.1) is 0 Å². The van der Waals surface area contributed by atoms with Crippen LogP contribution in [0.25, 0.3) is 0 Å². The van der Waals surface area contributed by atoms with Gasteiger partial charge in [0.15, 0.2) is 0 Å². The Morgan fingerprint density at radius 2 is 1.30 bits per heavy atom. The molecule has 1 fully saturated rings. The molecule has 0 bridgehead atoms. The normalized spacial score (nSPS) is 15.1. The number of piperazine rings is 1. The lowest BCUT2D eigenvalue weighted by molar-refractivity contribution is -0.143. The van der Waals surface area contributed by atoms with Crippen LogP contribution in [0.3, 0.4) is 0 Å².